The highest BCUT2D eigenvalue weighted by Crippen LogP contribution is 2.30. The summed E-state index contributed by atoms with van der Waals surface area (Å²) in [5, 5.41) is 8.96. The highest BCUT2D eigenvalue weighted by atomic mass is 32.2. The fraction of sp³-hybridized carbons (Fsp3) is 0.773. The van der Waals surface area contributed by atoms with Gasteiger partial charge in [-0.1, -0.05) is 32.9 Å². The van der Waals surface area contributed by atoms with Crippen LogP contribution in [0.15, 0.2) is 4.52 Å². The van der Waals surface area contributed by atoms with Crippen LogP contribution in [-0.4, -0.2) is 91.1 Å². The van der Waals surface area contributed by atoms with Gasteiger partial charge in [-0.05, 0) is 25.2 Å². The molecule has 2 unspecified atom stereocenters. The number of morpholine rings is 1. The molecule has 2 heterocycles. The van der Waals surface area contributed by atoms with E-state index in [2.05, 4.69) is 20.8 Å². The number of sulfone groups is 1. The second-order valence-electron chi connectivity index (χ2n) is 10.1. The molecule has 2 fully saturated rings. The van der Waals surface area contributed by atoms with Crippen molar-refractivity contribution in [1.29, 1.82) is 0 Å². The molecular weight excluding hydrogens is 478 g/mol. The summed E-state index contributed by atoms with van der Waals surface area (Å²) in [5.41, 5.74) is -0.433. The number of aromatic nitrogens is 2. The average Bonchev–Trinajstić information content (AvgIpc) is 3.44. The zero-order valence-corrected chi connectivity index (χ0v) is 21.5. The summed E-state index contributed by atoms with van der Waals surface area (Å²) < 4.78 is 35.7. The second kappa shape index (κ2) is 11.0. The monoisotopic (exact) mass is 513 g/mol. The Morgan fingerprint density at radius 1 is 1.11 bits per heavy atom. The molecule has 3 rings (SSSR count). The molecule has 1 saturated heterocycles. The number of rotatable bonds is 10. The van der Waals surface area contributed by atoms with Crippen molar-refractivity contribution in [3.05, 3.63) is 11.7 Å². The molecule has 0 radical (unpaired) electrons. The van der Waals surface area contributed by atoms with Crippen molar-refractivity contribution < 1.29 is 32.1 Å². The molecule has 3 amide bonds. The quantitative estimate of drug-likeness (QED) is 0.429. The molecule has 0 bridgehead atoms. The Morgan fingerprint density at radius 2 is 1.77 bits per heavy atom. The van der Waals surface area contributed by atoms with Gasteiger partial charge >= 0.3 is 6.03 Å². The summed E-state index contributed by atoms with van der Waals surface area (Å²) >= 11 is 0. The predicted octanol–water partition coefficient (Wildman–Crippen LogP) is 0.680. The van der Waals surface area contributed by atoms with E-state index < -0.39 is 50.8 Å². The zero-order valence-electron chi connectivity index (χ0n) is 20.7. The van der Waals surface area contributed by atoms with Crippen LogP contribution in [0.2, 0.25) is 0 Å². The van der Waals surface area contributed by atoms with E-state index in [4.69, 9.17) is 9.26 Å². The van der Waals surface area contributed by atoms with Gasteiger partial charge in [0.15, 0.2) is 15.7 Å². The summed E-state index contributed by atoms with van der Waals surface area (Å²) in [7, 11) is -3.61. The lowest BCUT2D eigenvalue weighted by atomic mass is 9.96. The lowest BCUT2D eigenvalue weighted by Gasteiger charge is -2.29. The third-order valence-corrected chi connectivity index (χ3v) is 7.69. The molecule has 1 saturated carbocycles. The Hall–Kier alpha value is -2.54. The van der Waals surface area contributed by atoms with E-state index in [-0.39, 0.29) is 24.0 Å². The average molecular weight is 514 g/mol. The Kier molecular flexibility index (Phi) is 8.52. The minimum Gasteiger partial charge on any atom is -0.378 e. The molecule has 1 aromatic heterocycles. The van der Waals surface area contributed by atoms with E-state index in [0.29, 0.717) is 32.1 Å². The van der Waals surface area contributed by atoms with Crippen molar-refractivity contribution in [3.8, 4) is 0 Å². The molecule has 1 aromatic rings. The van der Waals surface area contributed by atoms with Crippen LogP contribution in [-0.2, 0) is 24.8 Å². The van der Waals surface area contributed by atoms with Crippen LogP contribution in [0.4, 0.5) is 4.79 Å². The molecule has 2 N–H and O–H groups in total. The standard InChI is InChI=1S/C22H35N5O7S/c1-5-15(17(28)19-25-20(26-34-19)22(2,3)4)23-18(29)16(13-35(31,32)12-14-6-7-14)24-21(30)27-8-10-33-11-9-27/h14-16H,5-13H2,1-4H3,(H,23,29)(H,24,30). The maximum absolute atomic E-state index is 13.2. The SMILES string of the molecule is CCC(NC(=O)C(CS(=O)(=O)CC1CC1)NC(=O)N1CCOCC1)C(=O)c1nc(C(C)(C)C)no1. The lowest BCUT2D eigenvalue weighted by molar-refractivity contribution is -0.123. The third kappa shape index (κ3) is 7.72. The van der Waals surface area contributed by atoms with E-state index in [1.165, 1.54) is 4.90 Å². The molecule has 35 heavy (non-hydrogen) atoms. The number of Topliss-reactive ketones (excluding diaryl/α,β-unsaturated/α-hetero) is 1. The van der Waals surface area contributed by atoms with Crippen LogP contribution in [0.5, 0.6) is 0 Å². The van der Waals surface area contributed by atoms with Gasteiger partial charge in [-0.25, -0.2) is 13.2 Å². The molecule has 1 aliphatic heterocycles. The van der Waals surface area contributed by atoms with Gasteiger partial charge in [-0.3, -0.25) is 9.59 Å². The minimum atomic E-state index is -3.61. The van der Waals surface area contributed by atoms with Gasteiger partial charge in [0, 0.05) is 18.5 Å². The van der Waals surface area contributed by atoms with Crippen LogP contribution in [0, 0.1) is 5.92 Å². The second-order valence-corrected chi connectivity index (χ2v) is 12.3. The normalized spacial score (nSPS) is 18.6. The van der Waals surface area contributed by atoms with Gasteiger partial charge in [0.2, 0.25) is 11.7 Å². The summed E-state index contributed by atoms with van der Waals surface area (Å²) in [6.07, 6.45) is 1.88. The topological polar surface area (TPSA) is 161 Å². The van der Waals surface area contributed by atoms with Crippen molar-refractivity contribution in [2.24, 2.45) is 5.92 Å². The summed E-state index contributed by atoms with van der Waals surface area (Å²) in [6.45, 7) is 8.68. The summed E-state index contributed by atoms with van der Waals surface area (Å²) in [4.78, 5) is 44.4. The van der Waals surface area contributed by atoms with E-state index in [9.17, 15) is 22.8 Å². The number of urea groups is 1. The van der Waals surface area contributed by atoms with E-state index in [0.717, 1.165) is 12.8 Å². The largest absolute Gasteiger partial charge is 0.378 e. The van der Waals surface area contributed by atoms with E-state index in [1.807, 2.05) is 20.8 Å². The maximum atomic E-state index is 13.2. The Balaban J connectivity index is 1.73. The van der Waals surface area contributed by atoms with Gasteiger partial charge in [0.25, 0.3) is 5.89 Å². The fourth-order valence-corrected chi connectivity index (χ4v) is 5.49. The van der Waals surface area contributed by atoms with Gasteiger partial charge in [-0.15, -0.1) is 0 Å². The molecule has 1 aliphatic carbocycles. The van der Waals surface area contributed by atoms with Gasteiger partial charge in [-0.2, -0.15) is 4.98 Å². The highest BCUT2D eigenvalue weighted by molar-refractivity contribution is 7.91. The molecule has 2 aliphatic rings. The number of nitrogens with one attached hydrogen (secondary N) is 2. The van der Waals surface area contributed by atoms with Crippen molar-refractivity contribution in [1.82, 2.24) is 25.7 Å². The molecule has 13 heteroatoms. The number of hydrogen-bond acceptors (Lipinski definition) is 9. The molecule has 2 atom stereocenters. The number of amides is 3. The highest BCUT2D eigenvalue weighted by Gasteiger charge is 2.36. The van der Waals surface area contributed by atoms with Gasteiger partial charge < -0.3 is 24.8 Å². The van der Waals surface area contributed by atoms with Crippen molar-refractivity contribution in [3.63, 3.8) is 0 Å². The number of ketones is 1. The number of carbonyl (C=O) groups excluding carboxylic acids is 3. The van der Waals surface area contributed by atoms with E-state index in [1.54, 1.807) is 6.92 Å². The number of carbonyl (C=O) groups is 3. The smallest absolute Gasteiger partial charge is 0.318 e. The first-order valence-corrected chi connectivity index (χ1v) is 13.7. The van der Waals surface area contributed by atoms with Crippen LogP contribution in [0.3, 0.4) is 0 Å². The van der Waals surface area contributed by atoms with Gasteiger partial charge in [0.05, 0.1) is 30.8 Å². The molecule has 0 aromatic carbocycles. The number of nitrogens with zero attached hydrogens (tertiary/aromatic N) is 3. The predicted molar refractivity (Wildman–Crippen MR) is 126 cm³/mol. The van der Waals surface area contributed by atoms with Crippen LogP contribution in [0.1, 0.15) is 63.5 Å². The van der Waals surface area contributed by atoms with E-state index >= 15 is 0 Å². The Morgan fingerprint density at radius 3 is 2.31 bits per heavy atom. The number of ether oxygens (including phenoxy) is 1. The Bertz CT molecular complexity index is 1020. The van der Waals surface area contributed by atoms with Crippen LogP contribution in [0.25, 0.3) is 0 Å². The number of hydrogen-bond donors (Lipinski definition) is 2. The lowest BCUT2D eigenvalue weighted by Crippen LogP contribution is -2.57. The summed E-state index contributed by atoms with van der Waals surface area (Å²) in [6, 6.07) is -2.94. The van der Waals surface area contributed by atoms with Crippen molar-refractivity contribution in [2.45, 2.75) is 64.5 Å². The molecular formula is C22H35N5O7S. The molecule has 0 spiro atoms. The molecule has 12 nitrogen and oxygen atoms in total. The minimum absolute atomic E-state index is 0.0299. The van der Waals surface area contributed by atoms with Gasteiger partial charge in [0.1, 0.15) is 6.04 Å². The maximum Gasteiger partial charge on any atom is 0.318 e. The first kappa shape index (κ1) is 27.1. The fourth-order valence-electron chi connectivity index (χ4n) is 3.56. The molecule has 196 valence electrons. The van der Waals surface area contributed by atoms with Crippen molar-refractivity contribution >= 4 is 27.6 Å². The first-order chi connectivity index (χ1) is 16.4. The first-order valence-electron chi connectivity index (χ1n) is 11.9. The third-order valence-electron chi connectivity index (χ3n) is 5.87. The van der Waals surface area contributed by atoms with Crippen LogP contribution >= 0.6 is 0 Å². The Labute approximate surface area is 205 Å². The summed E-state index contributed by atoms with van der Waals surface area (Å²) in [5.74, 6) is -1.72. The zero-order chi connectivity index (χ0) is 25.8. The van der Waals surface area contributed by atoms with Crippen LogP contribution < -0.4 is 10.6 Å². The van der Waals surface area contributed by atoms with Crippen molar-refractivity contribution in [2.75, 3.05) is 37.8 Å².